The van der Waals surface area contributed by atoms with Crippen molar-refractivity contribution in [3.05, 3.63) is 35.4 Å². The molecule has 0 spiro atoms. The minimum absolute atomic E-state index is 0.110. The van der Waals surface area contributed by atoms with Crippen molar-refractivity contribution < 1.29 is 24.6 Å². The van der Waals surface area contributed by atoms with Gasteiger partial charge in [0.1, 0.15) is 6.04 Å². The van der Waals surface area contributed by atoms with E-state index in [9.17, 15) is 14.4 Å². The van der Waals surface area contributed by atoms with Crippen molar-refractivity contribution in [1.29, 1.82) is 0 Å². The fourth-order valence-corrected chi connectivity index (χ4v) is 1.84. The Morgan fingerprint density at radius 1 is 1.10 bits per heavy atom. The SMILES string of the molecule is CC(C)CC(=O)N[C@H](Cc1ccc(C(=O)O)cc1)C(=O)O. The molecule has 114 valence electrons. The Kier molecular flexibility index (Phi) is 5.90. The molecule has 1 amide bonds. The molecular formula is C15H19NO5. The molecule has 0 bridgehead atoms. The van der Waals surface area contributed by atoms with Crippen LogP contribution in [0.15, 0.2) is 24.3 Å². The number of aliphatic carboxylic acids is 1. The highest BCUT2D eigenvalue weighted by molar-refractivity contribution is 5.87. The number of carbonyl (C=O) groups excluding carboxylic acids is 1. The van der Waals surface area contributed by atoms with E-state index in [-0.39, 0.29) is 30.2 Å². The van der Waals surface area contributed by atoms with E-state index in [4.69, 9.17) is 10.2 Å². The predicted molar refractivity (Wildman–Crippen MR) is 76.1 cm³/mol. The van der Waals surface area contributed by atoms with E-state index < -0.39 is 18.0 Å². The molecule has 0 heterocycles. The third kappa shape index (κ3) is 5.64. The molecular weight excluding hydrogens is 274 g/mol. The van der Waals surface area contributed by atoms with Crippen LogP contribution in [-0.2, 0) is 16.0 Å². The Morgan fingerprint density at radius 2 is 1.67 bits per heavy atom. The van der Waals surface area contributed by atoms with Crippen LogP contribution in [-0.4, -0.2) is 34.1 Å². The van der Waals surface area contributed by atoms with Gasteiger partial charge in [0, 0.05) is 12.8 Å². The lowest BCUT2D eigenvalue weighted by Crippen LogP contribution is -2.42. The maximum atomic E-state index is 11.6. The number of carbonyl (C=O) groups is 3. The zero-order valence-electron chi connectivity index (χ0n) is 12.0. The van der Waals surface area contributed by atoms with E-state index in [1.54, 1.807) is 12.1 Å². The third-order valence-corrected chi connectivity index (χ3v) is 2.87. The third-order valence-electron chi connectivity index (χ3n) is 2.87. The van der Waals surface area contributed by atoms with E-state index in [0.717, 1.165) is 0 Å². The Hall–Kier alpha value is -2.37. The molecule has 1 aromatic carbocycles. The lowest BCUT2D eigenvalue weighted by Gasteiger charge is -2.15. The van der Waals surface area contributed by atoms with Gasteiger partial charge in [-0.25, -0.2) is 9.59 Å². The van der Waals surface area contributed by atoms with Gasteiger partial charge in [-0.05, 0) is 23.6 Å². The zero-order chi connectivity index (χ0) is 16.0. The van der Waals surface area contributed by atoms with Crippen LogP contribution in [0, 0.1) is 5.92 Å². The number of hydrogen-bond donors (Lipinski definition) is 3. The van der Waals surface area contributed by atoms with Gasteiger partial charge < -0.3 is 15.5 Å². The second-order valence-electron chi connectivity index (χ2n) is 5.26. The number of nitrogens with one attached hydrogen (secondary N) is 1. The minimum atomic E-state index is -1.12. The van der Waals surface area contributed by atoms with Crippen LogP contribution in [0.1, 0.15) is 36.2 Å². The summed E-state index contributed by atoms with van der Waals surface area (Å²) in [6.07, 6.45) is 0.376. The lowest BCUT2D eigenvalue weighted by atomic mass is 10.0. The molecule has 0 aliphatic rings. The first-order chi connectivity index (χ1) is 9.79. The van der Waals surface area contributed by atoms with Gasteiger partial charge in [-0.15, -0.1) is 0 Å². The first-order valence-corrected chi connectivity index (χ1v) is 6.64. The molecule has 1 aromatic rings. The number of rotatable bonds is 7. The zero-order valence-corrected chi connectivity index (χ0v) is 12.0. The maximum absolute atomic E-state index is 11.6. The largest absolute Gasteiger partial charge is 0.480 e. The molecule has 0 fully saturated rings. The van der Waals surface area contributed by atoms with Crippen molar-refractivity contribution >= 4 is 17.8 Å². The molecule has 0 unspecified atom stereocenters. The van der Waals surface area contributed by atoms with Gasteiger partial charge in [0.2, 0.25) is 5.91 Å². The lowest BCUT2D eigenvalue weighted by molar-refractivity contribution is -0.141. The van der Waals surface area contributed by atoms with Gasteiger partial charge in [0.15, 0.2) is 0 Å². The van der Waals surface area contributed by atoms with Gasteiger partial charge in [0.25, 0.3) is 0 Å². The highest BCUT2D eigenvalue weighted by Crippen LogP contribution is 2.08. The summed E-state index contributed by atoms with van der Waals surface area (Å²) in [5, 5.41) is 20.4. The summed E-state index contributed by atoms with van der Waals surface area (Å²) >= 11 is 0. The van der Waals surface area contributed by atoms with E-state index >= 15 is 0 Å². The monoisotopic (exact) mass is 293 g/mol. The van der Waals surface area contributed by atoms with Gasteiger partial charge in [0.05, 0.1) is 5.56 Å². The summed E-state index contributed by atoms with van der Waals surface area (Å²) in [5.41, 5.74) is 0.784. The van der Waals surface area contributed by atoms with Crippen LogP contribution < -0.4 is 5.32 Å². The Bertz CT molecular complexity index is 521. The predicted octanol–water partition coefficient (Wildman–Crippen LogP) is 1.54. The van der Waals surface area contributed by atoms with E-state index in [0.29, 0.717) is 5.56 Å². The average molecular weight is 293 g/mol. The van der Waals surface area contributed by atoms with E-state index in [1.807, 2.05) is 13.8 Å². The highest BCUT2D eigenvalue weighted by atomic mass is 16.4. The second-order valence-corrected chi connectivity index (χ2v) is 5.26. The summed E-state index contributed by atoms with van der Waals surface area (Å²) in [4.78, 5) is 33.6. The van der Waals surface area contributed by atoms with Gasteiger partial charge >= 0.3 is 11.9 Å². The normalized spacial score (nSPS) is 12.0. The summed E-state index contributed by atoms with van der Waals surface area (Å²) in [6.45, 7) is 3.75. The standard InChI is InChI=1S/C15H19NO5/c1-9(2)7-13(17)16-12(15(20)21)8-10-3-5-11(6-4-10)14(18)19/h3-6,9,12H,7-8H2,1-2H3,(H,16,17)(H,18,19)(H,20,21)/t12-/m1/s1. The van der Waals surface area contributed by atoms with Crippen molar-refractivity contribution in [3.63, 3.8) is 0 Å². The smallest absolute Gasteiger partial charge is 0.335 e. The van der Waals surface area contributed by atoms with Gasteiger partial charge in [-0.3, -0.25) is 4.79 Å². The molecule has 6 nitrogen and oxygen atoms in total. The fourth-order valence-electron chi connectivity index (χ4n) is 1.84. The van der Waals surface area contributed by atoms with E-state index in [2.05, 4.69) is 5.32 Å². The molecule has 21 heavy (non-hydrogen) atoms. The molecule has 0 saturated heterocycles. The van der Waals surface area contributed by atoms with Crippen LogP contribution in [0.4, 0.5) is 0 Å². The molecule has 6 heteroatoms. The number of aromatic carboxylic acids is 1. The Morgan fingerprint density at radius 3 is 2.10 bits per heavy atom. The fraction of sp³-hybridized carbons (Fsp3) is 0.400. The average Bonchev–Trinajstić information content (AvgIpc) is 2.37. The van der Waals surface area contributed by atoms with Crippen LogP contribution in [0.5, 0.6) is 0 Å². The summed E-state index contributed by atoms with van der Waals surface area (Å²) in [7, 11) is 0. The Labute approximate surface area is 122 Å². The molecule has 1 rings (SSSR count). The maximum Gasteiger partial charge on any atom is 0.335 e. The molecule has 0 radical (unpaired) electrons. The topological polar surface area (TPSA) is 104 Å². The first-order valence-electron chi connectivity index (χ1n) is 6.64. The van der Waals surface area contributed by atoms with Crippen molar-refractivity contribution in [2.24, 2.45) is 5.92 Å². The molecule has 1 atom stereocenters. The van der Waals surface area contributed by atoms with Crippen LogP contribution in [0.3, 0.4) is 0 Å². The number of amides is 1. The molecule has 0 aromatic heterocycles. The highest BCUT2D eigenvalue weighted by Gasteiger charge is 2.20. The number of carboxylic acid groups (broad SMARTS) is 2. The molecule has 0 saturated carbocycles. The quantitative estimate of drug-likeness (QED) is 0.707. The second kappa shape index (κ2) is 7.42. The first kappa shape index (κ1) is 16.7. The molecule has 0 aliphatic carbocycles. The number of hydrogen-bond acceptors (Lipinski definition) is 3. The van der Waals surface area contributed by atoms with E-state index in [1.165, 1.54) is 12.1 Å². The summed E-state index contributed by atoms with van der Waals surface area (Å²) in [6, 6.07) is 4.90. The molecule has 3 N–H and O–H groups in total. The van der Waals surface area contributed by atoms with Crippen molar-refractivity contribution in [3.8, 4) is 0 Å². The van der Waals surface area contributed by atoms with Crippen LogP contribution in [0.2, 0.25) is 0 Å². The van der Waals surface area contributed by atoms with Crippen molar-refractivity contribution in [2.45, 2.75) is 32.7 Å². The van der Waals surface area contributed by atoms with Gasteiger partial charge in [-0.2, -0.15) is 0 Å². The number of benzene rings is 1. The number of carboxylic acids is 2. The summed E-state index contributed by atoms with van der Waals surface area (Å²) < 4.78 is 0. The van der Waals surface area contributed by atoms with Crippen molar-refractivity contribution in [1.82, 2.24) is 5.32 Å². The Balaban J connectivity index is 2.72. The van der Waals surface area contributed by atoms with Crippen LogP contribution >= 0.6 is 0 Å². The van der Waals surface area contributed by atoms with Gasteiger partial charge in [-0.1, -0.05) is 26.0 Å². The molecule has 0 aliphatic heterocycles. The summed E-state index contributed by atoms with van der Waals surface area (Å²) in [5.74, 6) is -2.31. The van der Waals surface area contributed by atoms with Crippen LogP contribution in [0.25, 0.3) is 0 Å². The van der Waals surface area contributed by atoms with Crippen molar-refractivity contribution in [2.75, 3.05) is 0 Å². The minimum Gasteiger partial charge on any atom is -0.480 e.